The molecular weight excluding hydrogens is 240 g/mol. The van der Waals surface area contributed by atoms with Gasteiger partial charge in [-0.1, -0.05) is 11.3 Å². The maximum atomic E-state index is 11.4. The van der Waals surface area contributed by atoms with Gasteiger partial charge in [0.1, 0.15) is 4.88 Å². The van der Waals surface area contributed by atoms with Crippen LogP contribution in [0.3, 0.4) is 0 Å². The van der Waals surface area contributed by atoms with Crippen molar-refractivity contribution < 1.29 is 14.3 Å². The summed E-state index contributed by atoms with van der Waals surface area (Å²) in [4.78, 5) is 16.4. The highest BCUT2D eigenvalue weighted by atomic mass is 32.1. The number of carbonyl (C=O) groups excluding carboxylic acids is 1. The van der Waals surface area contributed by atoms with Crippen molar-refractivity contribution in [3.8, 4) is 0 Å². The fourth-order valence-electron chi connectivity index (χ4n) is 1.76. The number of methoxy groups -OCH3 is 1. The molecule has 0 aliphatic carbocycles. The van der Waals surface area contributed by atoms with Crippen LogP contribution in [-0.2, 0) is 9.47 Å². The fourth-order valence-corrected chi connectivity index (χ4v) is 2.72. The summed E-state index contributed by atoms with van der Waals surface area (Å²) >= 11 is 1.35. The van der Waals surface area contributed by atoms with Crippen molar-refractivity contribution >= 4 is 22.4 Å². The number of hydrogen-bond acceptors (Lipinski definition) is 6. The van der Waals surface area contributed by atoms with Gasteiger partial charge in [-0.25, -0.2) is 9.78 Å². The van der Waals surface area contributed by atoms with Gasteiger partial charge >= 0.3 is 5.97 Å². The highest BCUT2D eigenvalue weighted by molar-refractivity contribution is 7.17. The summed E-state index contributed by atoms with van der Waals surface area (Å²) in [5.74, 6) is -0.319. The van der Waals surface area contributed by atoms with Crippen LogP contribution in [0, 0.1) is 6.92 Å². The SMILES string of the molecule is COC(=O)c1sc(NC2CCOCC2)nc1C. The van der Waals surface area contributed by atoms with Crippen LogP contribution >= 0.6 is 11.3 Å². The summed E-state index contributed by atoms with van der Waals surface area (Å²) in [6, 6.07) is 0.389. The van der Waals surface area contributed by atoms with E-state index in [0.717, 1.165) is 36.9 Å². The van der Waals surface area contributed by atoms with Crippen molar-refractivity contribution in [1.82, 2.24) is 4.98 Å². The third kappa shape index (κ3) is 2.95. The van der Waals surface area contributed by atoms with E-state index in [4.69, 9.17) is 9.47 Å². The van der Waals surface area contributed by atoms with Gasteiger partial charge in [0.25, 0.3) is 0 Å². The lowest BCUT2D eigenvalue weighted by molar-refractivity contribution is 0.0605. The monoisotopic (exact) mass is 256 g/mol. The van der Waals surface area contributed by atoms with E-state index >= 15 is 0 Å². The van der Waals surface area contributed by atoms with Crippen LogP contribution < -0.4 is 5.32 Å². The van der Waals surface area contributed by atoms with E-state index in [1.165, 1.54) is 18.4 Å². The summed E-state index contributed by atoms with van der Waals surface area (Å²) in [7, 11) is 1.38. The molecule has 1 aromatic heterocycles. The largest absolute Gasteiger partial charge is 0.465 e. The predicted molar refractivity (Wildman–Crippen MR) is 65.7 cm³/mol. The van der Waals surface area contributed by atoms with Crippen LogP contribution in [0.1, 0.15) is 28.2 Å². The molecule has 17 heavy (non-hydrogen) atoms. The first-order valence-corrected chi connectivity index (χ1v) is 6.42. The molecule has 1 aliphatic heterocycles. The number of thiazole rings is 1. The van der Waals surface area contributed by atoms with E-state index in [-0.39, 0.29) is 5.97 Å². The molecule has 0 atom stereocenters. The number of nitrogens with zero attached hydrogens (tertiary/aromatic N) is 1. The summed E-state index contributed by atoms with van der Waals surface area (Å²) in [5, 5.41) is 4.13. The Morgan fingerprint density at radius 2 is 2.24 bits per heavy atom. The Labute approximate surface area is 104 Å². The van der Waals surface area contributed by atoms with E-state index in [1.54, 1.807) is 0 Å². The third-order valence-electron chi connectivity index (χ3n) is 2.72. The number of rotatable bonds is 3. The standard InChI is InChI=1S/C11H16N2O3S/c1-7-9(10(14)15-2)17-11(12-7)13-8-3-5-16-6-4-8/h8H,3-6H2,1-2H3,(H,12,13). The van der Waals surface area contributed by atoms with E-state index in [2.05, 4.69) is 10.3 Å². The molecule has 0 amide bonds. The highest BCUT2D eigenvalue weighted by Crippen LogP contribution is 2.25. The van der Waals surface area contributed by atoms with Crippen molar-refractivity contribution in [3.63, 3.8) is 0 Å². The summed E-state index contributed by atoms with van der Waals surface area (Å²) < 4.78 is 9.99. The molecule has 1 aromatic rings. The smallest absolute Gasteiger partial charge is 0.350 e. The Hall–Kier alpha value is -1.14. The van der Waals surface area contributed by atoms with Gasteiger partial charge in [0, 0.05) is 19.3 Å². The molecule has 1 fully saturated rings. The van der Waals surface area contributed by atoms with Gasteiger partial charge in [-0.3, -0.25) is 0 Å². The fraction of sp³-hybridized carbons (Fsp3) is 0.636. The lowest BCUT2D eigenvalue weighted by Gasteiger charge is -2.22. The number of anilines is 1. The van der Waals surface area contributed by atoms with Gasteiger partial charge in [-0.15, -0.1) is 0 Å². The molecule has 2 heterocycles. The molecule has 0 aromatic carbocycles. The molecule has 1 saturated heterocycles. The van der Waals surface area contributed by atoms with Crippen molar-refractivity contribution in [2.75, 3.05) is 25.6 Å². The van der Waals surface area contributed by atoms with Crippen LogP contribution in [-0.4, -0.2) is 37.3 Å². The quantitative estimate of drug-likeness (QED) is 0.836. The van der Waals surface area contributed by atoms with E-state index in [1.807, 2.05) is 6.92 Å². The van der Waals surface area contributed by atoms with Crippen molar-refractivity contribution in [3.05, 3.63) is 10.6 Å². The second-order valence-corrected chi connectivity index (χ2v) is 4.96. The summed E-state index contributed by atoms with van der Waals surface area (Å²) in [6.07, 6.45) is 1.96. The van der Waals surface area contributed by atoms with Crippen molar-refractivity contribution in [1.29, 1.82) is 0 Å². The van der Waals surface area contributed by atoms with E-state index in [9.17, 15) is 4.79 Å². The predicted octanol–water partition coefficient (Wildman–Crippen LogP) is 1.83. The second kappa shape index (κ2) is 5.46. The number of aryl methyl sites for hydroxylation is 1. The lowest BCUT2D eigenvalue weighted by atomic mass is 10.1. The second-order valence-electron chi connectivity index (χ2n) is 3.96. The number of aromatic nitrogens is 1. The minimum Gasteiger partial charge on any atom is -0.465 e. The Kier molecular flexibility index (Phi) is 3.96. The van der Waals surface area contributed by atoms with Gasteiger partial charge < -0.3 is 14.8 Å². The molecule has 0 unspecified atom stereocenters. The maximum absolute atomic E-state index is 11.4. The molecule has 0 bridgehead atoms. The Bertz CT molecular complexity index is 399. The van der Waals surface area contributed by atoms with Crippen molar-refractivity contribution in [2.24, 2.45) is 0 Å². The number of carbonyl (C=O) groups is 1. The molecule has 5 nitrogen and oxygen atoms in total. The third-order valence-corrected chi connectivity index (χ3v) is 3.78. The zero-order valence-corrected chi connectivity index (χ0v) is 10.8. The van der Waals surface area contributed by atoms with E-state index < -0.39 is 0 Å². The molecule has 0 saturated carbocycles. The molecular formula is C11H16N2O3S. The molecule has 94 valence electrons. The van der Waals surface area contributed by atoms with Crippen LogP contribution in [0.25, 0.3) is 0 Å². The topological polar surface area (TPSA) is 60.5 Å². The first-order valence-electron chi connectivity index (χ1n) is 5.60. The minimum absolute atomic E-state index is 0.319. The number of esters is 1. The van der Waals surface area contributed by atoms with Gasteiger partial charge in [0.05, 0.1) is 12.8 Å². The first kappa shape index (κ1) is 12.3. The van der Waals surface area contributed by atoms with Crippen LogP contribution in [0.4, 0.5) is 5.13 Å². The van der Waals surface area contributed by atoms with E-state index in [0.29, 0.717) is 10.9 Å². The average Bonchev–Trinajstić information content (AvgIpc) is 2.70. The molecule has 0 radical (unpaired) electrons. The first-order chi connectivity index (χ1) is 8.20. The van der Waals surface area contributed by atoms with Crippen LogP contribution in [0.2, 0.25) is 0 Å². The molecule has 1 N–H and O–H groups in total. The minimum atomic E-state index is -0.319. The Morgan fingerprint density at radius 3 is 2.88 bits per heavy atom. The molecule has 2 rings (SSSR count). The molecule has 6 heteroatoms. The zero-order valence-electron chi connectivity index (χ0n) is 9.99. The number of hydrogen-bond donors (Lipinski definition) is 1. The number of nitrogens with one attached hydrogen (secondary N) is 1. The zero-order chi connectivity index (χ0) is 12.3. The van der Waals surface area contributed by atoms with Gasteiger partial charge in [-0.05, 0) is 19.8 Å². The van der Waals surface area contributed by atoms with Gasteiger partial charge in [0.15, 0.2) is 5.13 Å². The average molecular weight is 256 g/mol. The highest BCUT2D eigenvalue weighted by Gasteiger charge is 2.19. The normalized spacial score (nSPS) is 16.8. The van der Waals surface area contributed by atoms with Gasteiger partial charge in [-0.2, -0.15) is 0 Å². The van der Waals surface area contributed by atoms with Gasteiger partial charge in [0.2, 0.25) is 0 Å². The van der Waals surface area contributed by atoms with Crippen LogP contribution in [0.5, 0.6) is 0 Å². The van der Waals surface area contributed by atoms with Crippen LogP contribution in [0.15, 0.2) is 0 Å². The lowest BCUT2D eigenvalue weighted by Crippen LogP contribution is -2.27. The molecule has 0 spiro atoms. The summed E-state index contributed by atoms with van der Waals surface area (Å²) in [5.41, 5.74) is 0.719. The molecule has 1 aliphatic rings. The maximum Gasteiger partial charge on any atom is 0.350 e. The Balaban J connectivity index is 2.03. The summed E-state index contributed by atoms with van der Waals surface area (Å²) in [6.45, 7) is 3.38. The Morgan fingerprint density at radius 1 is 1.53 bits per heavy atom. The van der Waals surface area contributed by atoms with Crippen molar-refractivity contribution in [2.45, 2.75) is 25.8 Å². The number of ether oxygens (including phenoxy) is 2.